The van der Waals surface area contributed by atoms with E-state index >= 15 is 0 Å². The fourth-order valence-electron chi connectivity index (χ4n) is 3.68. The topological polar surface area (TPSA) is 93.9 Å². The minimum Gasteiger partial charge on any atom is -0.468 e. The second-order valence-electron chi connectivity index (χ2n) is 8.03. The minimum atomic E-state index is -0.199. The van der Waals surface area contributed by atoms with Crippen molar-refractivity contribution in [2.45, 2.75) is 45.3 Å². The lowest BCUT2D eigenvalue weighted by Gasteiger charge is -2.26. The van der Waals surface area contributed by atoms with Crippen LogP contribution in [0.2, 0.25) is 0 Å². The maximum absolute atomic E-state index is 11.8. The summed E-state index contributed by atoms with van der Waals surface area (Å²) in [5.74, 6) is 1.73. The van der Waals surface area contributed by atoms with Crippen LogP contribution in [0.3, 0.4) is 0 Å². The molecule has 1 atom stereocenters. The van der Waals surface area contributed by atoms with Gasteiger partial charge in [0.05, 0.1) is 12.3 Å². The van der Waals surface area contributed by atoms with Crippen LogP contribution in [0.1, 0.15) is 44.1 Å². The Morgan fingerprint density at radius 1 is 1.13 bits per heavy atom. The van der Waals surface area contributed by atoms with Crippen LogP contribution in [0.15, 0.2) is 52.1 Å². The molecule has 0 bridgehead atoms. The Hall–Kier alpha value is -3.00. The van der Waals surface area contributed by atoms with Gasteiger partial charge in [0.25, 0.3) is 0 Å². The molecule has 3 rings (SSSR count). The van der Waals surface area contributed by atoms with E-state index < -0.39 is 0 Å². The number of hydrogen-bond acceptors (Lipinski definition) is 4. The summed E-state index contributed by atoms with van der Waals surface area (Å²) < 4.78 is 5.69. The van der Waals surface area contributed by atoms with Crippen LogP contribution in [0.5, 0.6) is 0 Å². The second-order valence-corrected chi connectivity index (χ2v) is 8.03. The average molecular weight is 427 g/mol. The number of urea groups is 1. The van der Waals surface area contributed by atoms with Gasteiger partial charge in [-0.15, -0.1) is 0 Å². The van der Waals surface area contributed by atoms with E-state index in [2.05, 4.69) is 31.2 Å². The number of amides is 2. The van der Waals surface area contributed by atoms with Gasteiger partial charge < -0.3 is 25.7 Å². The van der Waals surface area contributed by atoms with Crippen molar-refractivity contribution < 1.29 is 9.21 Å². The van der Waals surface area contributed by atoms with Gasteiger partial charge in [0.2, 0.25) is 0 Å². The number of likely N-dealkylation sites (tertiary alicyclic amines) is 1. The monoisotopic (exact) mass is 426 g/mol. The first kappa shape index (κ1) is 22.7. The molecule has 8 heteroatoms. The highest BCUT2D eigenvalue weighted by molar-refractivity contribution is 5.89. The number of anilines is 1. The summed E-state index contributed by atoms with van der Waals surface area (Å²) in [6, 6.07) is 11.8. The van der Waals surface area contributed by atoms with Crippen LogP contribution < -0.4 is 21.3 Å². The molecule has 0 aliphatic carbocycles. The number of benzene rings is 1. The summed E-state index contributed by atoms with van der Waals surface area (Å²) in [7, 11) is 1.77. The van der Waals surface area contributed by atoms with Gasteiger partial charge in [0.1, 0.15) is 5.76 Å². The van der Waals surface area contributed by atoms with Crippen molar-refractivity contribution in [1.29, 1.82) is 0 Å². The van der Waals surface area contributed by atoms with Gasteiger partial charge in [-0.3, -0.25) is 9.89 Å². The molecule has 2 amide bonds. The van der Waals surface area contributed by atoms with Crippen molar-refractivity contribution in [1.82, 2.24) is 20.9 Å². The lowest BCUT2D eigenvalue weighted by atomic mass is 10.2. The maximum atomic E-state index is 11.8. The quantitative estimate of drug-likeness (QED) is 0.384. The highest BCUT2D eigenvalue weighted by Crippen LogP contribution is 2.24. The van der Waals surface area contributed by atoms with Gasteiger partial charge >= 0.3 is 6.03 Å². The van der Waals surface area contributed by atoms with Crippen molar-refractivity contribution in [3.05, 3.63) is 54.0 Å². The Kier molecular flexibility index (Phi) is 8.35. The van der Waals surface area contributed by atoms with E-state index in [9.17, 15) is 4.79 Å². The normalized spacial score (nSPS) is 15.7. The van der Waals surface area contributed by atoms with Crippen LogP contribution in [-0.4, -0.2) is 49.6 Å². The highest BCUT2D eigenvalue weighted by atomic mass is 16.3. The molecule has 2 aromatic rings. The molecule has 0 radical (unpaired) electrons. The van der Waals surface area contributed by atoms with Crippen molar-refractivity contribution in [2.75, 3.05) is 32.0 Å². The summed E-state index contributed by atoms with van der Waals surface area (Å²) >= 11 is 0. The van der Waals surface area contributed by atoms with Crippen LogP contribution in [0, 0.1) is 0 Å². The number of furan rings is 1. The van der Waals surface area contributed by atoms with Gasteiger partial charge in [0, 0.05) is 31.9 Å². The zero-order valence-electron chi connectivity index (χ0n) is 18.6. The molecule has 0 spiro atoms. The summed E-state index contributed by atoms with van der Waals surface area (Å²) in [6.07, 6.45) is 4.19. The van der Waals surface area contributed by atoms with Crippen LogP contribution in [0.25, 0.3) is 0 Å². The number of aliphatic imine (C=N–C) groups is 1. The molecular weight excluding hydrogens is 392 g/mol. The Bertz CT molecular complexity index is 826. The van der Waals surface area contributed by atoms with E-state index in [-0.39, 0.29) is 18.1 Å². The summed E-state index contributed by atoms with van der Waals surface area (Å²) in [4.78, 5) is 18.6. The van der Waals surface area contributed by atoms with Crippen molar-refractivity contribution in [2.24, 2.45) is 4.99 Å². The average Bonchev–Trinajstić information content (AvgIpc) is 3.46. The third-order valence-electron chi connectivity index (χ3n) is 5.23. The first-order chi connectivity index (χ1) is 15.0. The number of hydrogen-bond donors (Lipinski definition) is 4. The molecule has 0 saturated carbocycles. The summed E-state index contributed by atoms with van der Waals surface area (Å²) in [6.45, 7) is 7.39. The number of guanidine groups is 1. The standard InChI is InChI=1S/C23H34N6O2/c1-17(2)27-23(30)28-19-10-8-18(9-11-19)15-25-22(24-3)26-16-20(21-7-6-14-31-21)29-12-4-5-13-29/h6-11,14,17,20H,4-5,12-13,15-16H2,1-3H3,(H2,24,25,26)(H2,27,28,30). The van der Waals surface area contributed by atoms with E-state index in [0.717, 1.165) is 42.6 Å². The third-order valence-corrected chi connectivity index (χ3v) is 5.23. The predicted octanol–water partition coefficient (Wildman–Crippen LogP) is 3.31. The molecule has 1 saturated heterocycles. The molecule has 2 heterocycles. The molecule has 1 aromatic heterocycles. The number of carbonyl (C=O) groups is 1. The Balaban J connectivity index is 1.49. The fraction of sp³-hybridized carbons (Fsp3) is 0.478. The molecule has 1 aromatic carbocycles. The fourth-order valence-corrected chi connectivity index (χ4v) is 3.68. The van der Waals surface area contributed by atoms with Gasteiger partial charge in [-0.2, -0.15) is 0 Å². The lowest BCUT2D eigenvalue weighted by Crippen LogP contribution is -2.42. The van der Waals surface area contributed by atoms with Crippen LogP contribution >= 0.6 is 0 Å². The smallest absolute Gasteiger partial charge is 0.319 e. The van der Waals surface area contributed by atoms with Crippen molar-refractivity contribution in [3.63, 3.8) is 0 Å². The molecule has 1 aliphatic heterocycles. The molecule has 1 unspecified atom stereocenters. The van der Waals surface area contributed by atoms with Crippen LogP contribution in [0.4, 0.5) is 10.5 Å². The molecule has 8 nitrogen and oxygen atoms in total. The zero-order chi connectivity index (χ0) is 22.1. The van der Waals surface area contributed by atoms with Gasteiger partial charge in [0.15, 0.2) is 5.96 Å². The summed E-state index contributed by atoms with van der Waals surface area (Å²) in [5.41, 5.74) is 1.86. The molecule has 31 heavy (non-hydrogen) atoms. The van der Waals surface area contributed by atoms with Gasteiger partial charge in [-0.1, -0.05) is 12.1 Å². The van der Waals surface area contributed by atoms with Crippen molar-refractivity contribution >= 4 is 17.7 Å². The van der Waals surface area contributed by atoms with E-state index in [4.69, 9.17) is 4.42 Å². The highest BCUT2D eigenvalue weighted by Gasteiger charge is 2.25. The van der Waals surface area contributed by atoms with Gasteiger partial charge in [-0.05, 0) is 69.6 Å². The first-order valence-corrected chi connectivity index (χ1v) is 10.9. The van der Waals surface area contributed by atoms with E-state index in [1.54, 1.807) is 13.3 Å². The largest absolute Gasteiger partial charge is 0.468 e. The molecule has 1 fully saturated rings. The molecule has 1 aliphatic rings. The second kappa shape index (κ2) is 11.4. The lowest BCUT2D eigenvalue weighted by molar-refractivity contribution is 0.215. The van der Waals surface area contributed by atoms with Crippen molar-refractivity contribution in [3.8, 4) is 0 Å². The number of rotatable bonds is 8. The number of nitrogens with zero attached hydrogens (tertiary/aromatic N) is 2. The Morgan fingerprint density at radius 3 is 2.48 bits per heavy atom. The zero-order valence-corrected chi connectivity index (χ0v) is 18.6. The molecule has 168 valence electrons. The minimum absolute atomic E-state index is 0.0978. The van der Waals surface area contributed by atoms with Crippen LogP contribution in [-0.2, 0) is 6.54 Å². The first-order valence-electron chi connectivity index (χ1n) is 10.9. The predicted molar refractivity (Wildman–Crippen MR) is 124 cm³/mol. The molecular formula is C23H34N6O2. The third kappa shape index (κ3) is 7.03. The Morgan fingerprint density at radius 2 is 1.87 bits per heavy atom. The molecule has 4 N–H and O–H groups in total. The van der Waals surface area contributed by atoms with E-state index in [1.165, 1.54) is 12.8 Å². The SMILES string of the molecule is CN=C(NCc1ccc(NC(=O)NC(C)C)cc1)NCC(c1ccco1)N1CCCC1. The van der Waals surface area contributed by atoms with E-state index in [1.807, 2.05) is 50.2 Å². The number of nitrogens with one attached hydrogen (secondary N) is 4. The van der Waals surface area contributed by atoms with Gasteiger partial charge in [-0.25, -0.2) is 4.79 Å². The maximum Gasteiger partial charge on any atom is 0.319 e. The summed E-state index contributed by atoms with van der Waals surface area (Å²) in [5, 5.41) is 12.4. The van der Waals surface area contributed by atoms with E-state index in [0.29, 0.717) is 6.54 Å². The Labute approximate surface area is 184 Å². The number of carbonyl (C=O) groups excluding carboxylic acids is 1.